The predicted molar refractivity (Wildman–Crippen MR) is 110 cm³/mol. The third kappa shape index (κ3) is 8.25. The Bertz CT molecular complexity index is 535. The van der Waals surface area contributed by atoms with Gasteiger partial charge in [0.05, 0.1) is 0 Å². The highest BCUT2D eigenvalue weighted by Gasteiger charge is 2.20. The lowest BCUT2D eigenvalue weighted by Crippen LogP contribution is -2.49. The van der Waals surface area contributed by atoms with Gasteiger partial charge in [-0.3, -0.25) is 9.59 Å². The molecule has 1 atom stereocenters. The molecule has 0 spiro atoms. The molecule has 1 aromatic rings. The van der Waals surface area contributed by atoms with Crippen molar-refractivity contribution in [3.05, 3.63) is 30.3 Å². The molecule has 1 aliphatic heterocycles. The van der Waals surface area contributed by atoms with Crippen LogP contribution in [0.4, 0.5) is 5.69 Å². The van der Waals surface area contributed by atoms with E-state index in [1.165, 1.54) is 5.69 Å². The first kappa shape index (κ1) is 24.5. The largest absolute Gasteiger partial charge is 0.368 e. The number of benzene rings is 1. The highest BCUT2D eigenvalue weighted by atomic mass is 35.5. The van der Waals surface area contributed by atoms with E-state index in [2.05, 4.69) is 22.3 Å². The summed E-state index contributed by atoms with van der Waals surface area (Å²) in [6.45, 7) is 5.42. The van der Waals surface area contributed by atoms with Crippen molar-refractivity contribution in [1.29, 1.82) is 0 Å². The van der Waals surface area contributed by atoms with E-state index in [9.17, 15) is 9.59 Å². The number of nitrogens with two attached hydrogens (primary N) is 1. The second-order valence-corrected chi connectivity index (χ2v) is 6.32. The van der Waals surface area contributed by atoms with Crippen molar-refractivity contribution >= 4 is 42.3 Å². The van der Waals surface area contributed by atoms with Crippen molar-refractivity contribution in [2.45, 2.75) is 32.2 Å². The van der Waals surface area contributed by atoms with Gasteiger partial charge in [-0.25, -0.2) is 0 Å². The van der Waals surface area contributed by atoms with Crippen LogP contribution in [0.5, 0.6) is 0 Å². The number of hydrogen-bond donors (Lipinski definition) is 2. The minimum Gasteiger partial charge on any atom is -0.368 e. The monoisotopic (exact) mass is 404 g/mol. The second-order valence-electron chi connectivity index (χ2n) is 6.32. The van der Waals surface area contributed by atoms with Gasteiger partial charge in [0.15, 0.2) is 0 Å². The zero-order chi connectivity index (χ0) is 17.4. The van der Waals surface area contributed by atoms with Gasteiger partial charge in [0, 0.05) is 57.3 Å². The van der Waals surface area contributed by atoms with Gasteiger partial charge in [-0.1, -0.05) is 18.2 Å². The molecule has 0 aliphatic carbocycles. The standard InChI is InChI=1S/C18H28N4O2.2ClH/c1-15(19)7-8-17(23)20-10-9-18(24)22-13-11-21(12-14-22)16-5-3-2-4-6-16;;/h2-6,15H,7-14,19H2,1H3,(H,20,23);2*1H. The molecule has 148 valence electrons. The summed E-state index contributed by atoms with van der Waals surface area (Å²) in [5, 5.41) is 2.79. The van der Waals surface area contributed by atoms with Gasteiger partial charge in [0.1, 0.15) is 0 Å². The molecule has 1 saturated heterocycles. The number of carbonyl (C=O) groups excluding carboxylic acids is 2. The molecule has 3 N–H and O–H groups in total. The number of nitrogens with zero attached hydrogens (tertiary/aromatic N) is 2. The Balaban J connectivity index is 0.00000312. The molecular formula is C18H30Cl2N4O2. The van der Waals surface area contributed by atoms with E-state index in [1.54, 1.807) is 0 Å². The highest BCUT2D eigenvalue weighted by Crippen LogP contribution is 2.15. The summed E-state index contributed by atoms with van der Waals surface area (Å²) >= 11 is 0. The summed E-state index contributed by atoms with van der Waals surface area (Å²) in [4.78, 5) is 28.0. The maximum absolute atomic E-state index is 12.2. The van der Waals surface area contributed by atoms with Crippen LogP contribution in [0.1, 0.15) is 26.2 Å². The molecule has 26 heavy (non-hydrogen) atoms. The second kappa shape index (κ2) is 12.8. The number of rotatable bonds is 7. The maximum Gasteiger partial charge on any atom is 0.224 e. The van der Waals surface area contributed by atoms with Gasteiger partial charge in [-0.2, -0.15) is 0 Å². The Morgan fingerprint density at radius 3 is 2.27 bits per heavy atom. The molecule has 1 fully saturated rings. The lowest BCUT2D eigenvalue weighted by atomic mass is 10.2. The fourth-order valence-electron chi connectivity index (χ4n) is 2.77. The van der Waals surface area contributed by atoms with E-state index in [4.69, 9.17) is 5.73 Å². The first-order valence-corrected chi connectivity index (χ1v) is 8.66. The predicted octanol–water partition coefficient (Wildman–Crippen LogP) is 1.81. The van der Waals surface area contributed by atoms with Gasteiger partial charge in [-0.05, 0) is 25.5 Å². The minimum absolute atomic E-state index is 0. The molecule has 2 rings (SSSR count). The van der Waals surface area contributed by atoms with E-state index < -0.39 is 0 Å². The summed E-state index contributed by atoms with van der Waals surface area (Å²) in [6.07, 6.45) is 1.44. The number of anilines is 1. The average Bonchev–Trinajstić information content (AvgIpc) is 2.61. The Morgan fingerprint density at radius 1 is 1.08 bits per heavy atom. The SMILES string of the molecule is CC(N)CCC(=O)NCCC(=O)N1CCN(c2ccccc2)CC1.Cl.Cl. The van der Waals surface area contributed by atoms with Crippen molar-refractivity contribution in [1.82, 2.24) is 10.2 Å². The van der Waals surface area contributed by atoms with E-state index >= 15 is 0 Å². The summed E-state index contributed by atoms with van der Waals surface area (Å²) in [5.41, 5.74) is 6.82. The summed E-state index contributed by atoms with van der Waals surface area (Å²) in [5.74, 6) is 0.0733. The van der Waals surface area contributed by atoms with Gasteiger partial charge >= 0.3 is 0 Å². The van der Waals surface area contributed by atoms with E-state index in [1.807, 2.05) is 30.0 Å². The molecule has 0 saturated carbocycles. The van der Waals surface area contributed by atoms with Gasteiger partial charge in [0.25, 0.3) is 0 Å². The Labute approximate surface area is 168 Å². The van der Waals surface area contributed by atoms with E-state index in [0.29, 0.717) is 25.8 Å². The van der Waals surface area contributed by atoms with Crippen LogP contribution in [-0.2, 0) is 9.59 Å². The van der Waals surface area contributed by atoms with E-state index in [0.717, 1.165) is 26.2 Å². The number of carbonyl (C=O) groups is 2. The molecule has 0 radical (unpaired) electrons. The normalized spacial score (nSPS) is 14.7. The first-order valence-electron chi connectivity index (χ1n) is 8.66. The lowest BCUT2D eigenvalue weighted by molar-refractivity contribution is -0.131. The van der Waals surface area contributed by atoms with Crippen LogP contribution in [0.15, 0.2) is 30.3 Å². The number of para-hydroxylation sites is 1. The van der Waals surface area contributed by atoms with Crippen molar-refractivity contribution < 1.29 is 9.59 Å². The quantitative estimate of drug-likeness (QED) is 0.726. The van der Waals surface area contributed by atoms with Crippen molar-refractivity contribution in [2.75, 3.05) is 37.6 Å². The van der Waals surface area contributed by atoms with E-state index in [-0.39, 0.29) is 42.7 Å². The van der Waals surface area contributed by atoms with Crippen LogP contribution >= 0.6 is 24.8 Å². The van der Waals surface area contributed by atoms with Gasteiger partial charge < -0.3 is 20.9 Å². The van der Waals surface area contributed by atoms with Crippen LogP contribution in [0.25, 0.3) is 0 Å². The van der Waals surface area contributed by atoms with Crippen LogP contribution in [-0.4, -0.2) is 55.5 Å². The molecule has 8 heteroatoms. The number of amides is 2. The molecule has 1 aromatic carbocycles. The summed E-state index contributed by atoms with van der Waals surface area (Å²) in [6, 6.07) is 10.3. The fraction of sp³-hybridized carbons (Fsp3) is 0.556. The zero-order valence-corrected chi connectivity index (χ0v) is 16.9. The molecule has 1 heterocycles. The number of halogens is 2. The fourth-order valence-corrected chi connectivity index (χ4v) is 2.77. The Morgan fingerprint density at radius 2 is 1.69 bits per heavy atom. The molecule has 0 aromatic heterocycles. The minimum atomic E-state index is -0.0333. The first-order chi connectivity index (χ1) is 11.6. The number of hydrogen-bond acceptors (Lipinski definition) is 4. The Kier molecular flexibility index (Phi) is 12.1. The molecule has 2 amide bonds. The Hall–Kier alpha value is -1.50. The topological polar surface area (TPSA) is 78.7 Å². The van der Waals surface area contributed by atoms with Crippen LogP contribution in [0.3, 0.4) is 0 Å². The maximum atomic E-state index is 12.2. The van der Waals surface area contributed by atoms with Crippen LogP contribution in [0, 0.1) is 0 Å². The summed E-state index contributed by atoms with van der Waals surface area (Å²) in [7, 11) is 0. The smallest absolute Gasteiger partial charge is 0.224 e. The molecule has 1 aliphatic rings. The lowest BCUT2D eigenvalue weighted by Gasteiger charge is -2.36. The van der Waals surface area contributed by atoms with Crippen molar-refractivity contribution in [3.8, 4) is 0 Å². The number of nitrogens with one attached hydrogen (secondary N) is 1. The van der Waals surface area contributed by atoms with Crippen LogP contribution in [0.2, 0.25) is 0 Å². The van der Waals surface area contributed by atoms with Gasteiger partial charge in [0.2, 0.25) is 11.8 Å². The van der Waals surface area contributed by atoms with Crippen molar-refractivity contribution in [3.63, 3.8) is 0 Å². The molecule has 6 nitrogen and oxygen atoms in total. The molecular weight excluding hydrogens is 375 g/mol. The zero-order valence-electron chi connectivity index (χ0n) is 15.2. The number of piperazine rings is 1. The summed E-state index contributed by atoms with van der Waals surface area (Å²) < 4.78 is 0. The molecule has 1 unspecified atom stereocenters. The average molecular weight is 405 g/mol. The highest BCUT2D eigenvalue weighted by molar-refractivity contribution is 5.85. The van der Waals surface area contributed by atoms with Gasteiger partial charge in [-0.15, -0.1) is 24.8 Å². The van der Waals surface area contributed by atoms with Crippen LogP contribution < -0.4 is 16.0 Å². The third-order valence-corrected chi connectivity index (χ3v) is 4.24. The third-order valence-electron chi connectivity index (χ3n) is 4.24. The van der Waals surface area contributed by atoms with Crippen molar-refractivity contribution in [2.24, 2.45) is 5.73 Å². The molecule has 0 bridgehead atoms.